The molecule has 23 heavy (non-hydrogen) atoms. The summed E-state index contributed by atoms with van der Waals surface area (Å²) in [6, 6.07) is 8.21. The molecule has 5 heteroatoms. The van der Waals surface area contributed by atoms with E-state index in [1.54, 1.807) is 42.7 Å². The minimum atomic E-state index is -0.875. The van der Waals surface area contributed by atoms with Gasteiger partial charge in [0, 0.05) is 35.6 Å². The molecule has 2 aromatic rings. The molecule has 0 aliphatic carbocycles. The van der Waals surface area contributed by atoms with Gasteiger partial charge >= 0.3 is 0 Å². The number of ketones is 1. The summed E-state index contributed by atoms with van der Waals surface area (Å²) in [6.45, 7) is 3.98. The molecule has 2 rings (SSSR count). The highest BCUT2D eigenvalue weighted by Crippen LogP contribution is 2.14. The highest BCUT2D eigenvalue weighted by molar-refractivity contribution is 6.09. The number of aliphatic hydroxyl groups is 1. The summed E-state index contributed by atoms with van der Waals surface area (Å²) in [5.41, 5.74) is 0.697. The number of aromatic amines is 1. The molecular weight excluding hydrogens is 292 g/mol. The lowest BCUT2D eigenvalue weighted by Gasteiger charge is -2.25. The predicted molar refractivity (Wildman–Crippen MR) is 88.5 cm³/mol. The van der Waals surface area contributed by atoms with Gasteiger partial charge in [0.25, 0.3) is 5.91 Å². The van der Waals surface area contributed by atoms with Crippen LogP contribution in [0.2, 0.25) is 0 Å². The van der Waals surface area contributed by atoms with E-state index in [-0.39, 0.29) is 18.2 Å². The number of rotatable bonds is 7. The summed E-state index contributed by atoms with van der Waals surface area (Å²) in [5.74, 6) is -0.351. The molecule has 0 spiro atoms. The van der Waals surface area contributed by atoms with Gasteiger partial charge in [-0.15, -0.1) is 0 Å². The second-order valence-electron chi connectivity index (χ2n) is 5.62. The normalized spacial score (nSPS) is 11.3. The van der Waals surface area contributed by atoms with E-state index < -0.39 is 5.60 Å². The first-order valence-electron chi connectivity index (χ1n) is 7.77. The van der Waals surface area contributed by atoms with Crippen molar-refractivity contribution in [2.75, 3.05) is 6.54 Å². The molecule has 0 aliphatic heterocycles. The van der Waals surface area contributed by atoms with Gasteiger partial charge in [-0.05, 0) is 31.0 Å². The first kappa shape index (κ1) is 17.0. The van der Waals surface area contributed by atoms with Crippen molar-refractivity contribution in [3.05, 3.63) is 59.4 Å². The van der Waals surface area contributed by atoms with Crippen LogP contribution in [-0.2, 0) is 0 Å². The Morgan fingerprint density at radius 3 is 2.17 bits per heavy atom. The van der Waals surface area contributed by atoms with Crippen LogP contribution in [0.5, 0.6) is 0 Å². The Labute approximate surface area is 135 Å². The van der Waals surface area contributed by atoms with Crippen LogP contribution in [0.25, 0.3) is 0 Å². The van der Waals surface area contributed by atoms with Crippen molar-refractivity contribution in [1.29, 1.82) is 0 Å². The summed E-state index contributed by atoms with van der Waals surface area (Å²) in [7, 11) is 0. The zero-order chi connectivity index (χ0) is 16.9. The molecule has 122 valence electrons. The van der Waals surface area contributed by atoms with Crippen LogP contribution < -0.4 is 5.32 Å². The number of H-pyrrole nitrogens is 1. The number of amides is 1. The van der Waals surface area contributed by atoms with Crippen LogP contribution in [0.4, 0.5) is 0 Å². The molecule has 0 unspecified atom stereocenters. The van der Waals surface area contributed by atoms with E-state index >= 15 is 0 Å². The molecule has 0 radical (unpaired) electrons. The SMILES string of the molecule is CCC(O)(CC)CNC(=O)c1ccc(C(=O)c2cc[nH]c2)cc1. The van der Waals surface area contributed by atoms with Gasteiger partial charge in [0.2, 0.25) is 0 Å². The van der Waals surface area contributed by atoms with Gasteiger partial charge in [0.15, 0.2) is 5.78 Å². The predicted octanol–water partition coefficient (Wildman–Crippen LogP) is 2.53. The Balaban J connectivity index is 2.02. The van der Waals surface area contributed by atoms with Crippen molar-refractivity contribution in [2.24, 2.45) is 0 Å². The number of aromatic nitrogens is 1. The third-order valence-corrected chi connectivity index (χ3v) is 4.16. The number of carbonyl (C=O) groups is 2. The van der Waals surface area contributed by atoms with E-state index in [4.69, 9.17) is 0 Å². The molecule has 1 amide bonds. The minimum absolute atomic E-state index is 0.0930. The van der Waals surface area contributed by atoms with Gasteiger partial charge in [-0.1, -0.05) is 26.0 Å². The lowest BCUT2D eigenvalue weighted by molar-refractivity contribution is 0.0314. The molecule has 1 aromatic carbocycles. The molecular formula is C18H22N2O3. The molecule has 0 aliphatic rings. The first-order chi connectivity index (χ1) is 11.0. The second-order valence-corrected chi connectivity index (χ2v) is 5.62. The van der Waals surface area contributed by atoms with E-state index in [9.17, 15) is 14.7 Å². The Bertz CT molecular complexity index is 656. The van der Waals surface area contributed by atoms with E-state index in [1.165, 1.54) is 0 Å². The average Bonchev–Trinajstić information content (AvgIpc) is 3.13. The third kappa shape index (κ3) is 4.07. The van der Waals surface area contributed by atoms with Crippen molar-refractivity contribution in [2.45, 2.75) is 32.3 Å². The molecule has 0 saturated carbocycles. The lowest BCUT2D eigenvalue weighted by atomic mass is 9.97. The molecule has 0 saturated heterocycles. The molecule has 1 aromatic heterocycles. The smallest absolute Gasteiger partial charge is 0.251 e. The van der Waals surface area contributed by atoms with Crippen molar-refractivity contribution in [3.63, 3.8) is 0 Å². The quantitative estimate of drug-likeness (QED) is 0.687. The highest BCUT2D eigenvalue weighted by Gasteiger charge is 2.23. The maximum Gasteiger partial charge on any atom is 0.251 e. The summed E-state index contributed by atoms with van der Waals surface area (Å²) >= 11 is 0. The van der Waals surface area contributed by atoms with E-state index in [1.807, 2.05) is 13.8 Å². The monoisotopic (exact) mass is 314 g/mol. The van der Waals surface area contributed by atoms with Crippen LogP contribution in [0, 0.1) is 0 Å². The topological polar surface area (TPSA) is 82.2 Å². The van der Waals surface area contributed by atoms with Gasteiger partial charge in [-0.2, -0.15) is 0 Å². The van der Waals surface area contributed by atoms with Crippen molar-refractivity contribution in [1.82, 2.24) is 10.3 Å². The highest BCUT2D eigenvalue weighted by atomic mass is 16.3. The number of nitrogens with one attached hydrogen (secondary N) is 2. The van der Waals surface area contributed by atoms with Gasteiger partial charge in [-0.25, -0.2) is 0 Å². The minimum Gasteiger partial charge on any atom is -0.388 e. The maximum atomic E-state index is 12.2. The fourth-order valence-electron chi connectivity index (χ4n) is 2.25. The van der Waals surface area contributed by atoms with Gasteiger partial charge in [0.1, 0.15) is 0 Å². The number of carbonyl (C=O) groups excluding carboxylic acids is 2. The van der Waals surface area contributed by atoms with E-state index in [2.05, 4.69) is 10.3 Å². The van der Waals surface area contributed by atoms with Crippen molar-refractivity contribution < 1.29 is 14.7 Å². The Kier molecular flexibility index (Phi) is 5.34. The van der Waals surface area contributed by atoms with Gasteiger partial charge in [-0.3, -0.25) is 9.59 Å². The number of benzene rings is 1. The van der Waals surface area contributed by atoms with Crippen LogP contribution in [-0.4, -0.2) is 33.9 Å². The van der Waals surface area contributed by atoms with Crippen LogP contribution in [0.15, 0.2) is 42.7 Å². The molecule has 0 bridgehead atoms. The second kappa shape index (κ2) is 7.24. The average molecular weight is 314 g/mol. The molecule has 1 heterocycles. The fourth-order valence-corrected chi connectivity index (χ4v) is 2.25. The van der Waals surface area contributed by atoms with E-state index in [0.29, 0.717) is 29.5 Å². The third-order valence-electron chi connectivity index (χ3n) is 4.16. The van der Waals surface area contributed by atoms with Crippen molar-refractivity contribution >= 4 is 11.7 Å². The summed E-state index contributed by atoms with van der Waals surface area (Å²) in [6.07, 6.45) is 4.48. The van der Waals surface area contributed by atoms with Crippen LogP contribution >= 0.6 is 0 Å². The van der Waals surface area contributed by atoms with Crippen LogP contribution in [0.3, 0.4) is 0 Å². The van der Waals surface area contributed by atoms with Crippen LogP contribution in [0.1, 0.15) is 53.0 Å². The maximum absolute atomic E-state index is 12.2. The Morgan fingerprint density at radius 1 is 1.04 bits per heavy atom. The zero-order valence-corrected chi connectivity index (χ0v) is 13.4. The number of hydrogen-bond donors (Lipinski definition) is 3. The molecule has 0 atom stereocenters. The molecule has 0 fully saturated rings. The number of hydrogen-bond acceptors (Lipinski definition) is 3. The summed E-state index contributed by atoms with van der Waals surface area (Å²) in [4.78, 5) is 27.1. The van der Waals surface area contributed by atoms with Gasteiger partial charge < -0.3 is 15.4 Å². The molecule has 3 N–H and O–H groups in total. The first-order valence-corrected chi connectivity index (χ1v) is 7.77. The standard InChI is InChI=1S/C18H22N2O3/c1-3-18(23,4-2)12-20-17(22)14-7-5-13(6-8-14)16(21)15-9-10-19-11-15/h5-11,19,23H,3-4,12H2,1-2H3,(H,20,22). The summed E-state index contributed by atoms with van der Waals surface area (Å²) in [5, 5.41) is 12.9. The largest absolute Gasteiger partial charge is 0.388 e. The van der Waals surface area contributed by atoms with E-state index in [0.717, 1.165) is 0 Å². The van der Waals surface area contributed by atoms with Crippen molar-refractivity contribution in [3.8, 4) is 0 Å². The zero-order valence-electron chi connectivity index (χ0n) is 13.4. The Hall–Kier alpha value is -2.40. The fraction of sp³-hybridized carbons (Fsp3) is 0.333. The lowest BCUT2D eigenvalue weighted by Crippen LogP contribution is -2.42. The molecule has 5 nitrogen and oxygen atoms in total. The Morgan fingerprint density at radius 2 is 1.65 bits per heavy atom. The summed E-state index contributed by atoms with van der Waals surface area (Å²) < 4.78 is 0. The van der Waals surface area contributed by atoms with Gasteiger partial charge in [0.05, 0.1) is 5.60 Å².